The van der Waals surface area contributed by atoms with Gasteiger partial charge in [0, 0.05) is 13.1 Å². The van der Waals surface area contributed by atoms with Crippen molar-refractivity contribution >= 4 is 46.6 Å². The van der Waals surface area contributed by atoms with Gasteiger partial charge in [-0.1, -0.05) is 25.7 Å². The predicted octanol–water partition coefficient (Wildman–Crippen LogP) is 2.68. The first-order valence-electron chi connectivity index (χ1n) is 8.69. The van der Waals surface area contributed by atoms with Gasteiger partial charge in [0.2, 0.25) is 0 Å². The molecule has 1 aliphatic rings. The molecule has 146 valence electrons. The molecular formula is C16H29CuN6S2. The van der Waals surface area contributed by atoms with Gasteiger partial charge in [-0.25, -0.2) is 0 Å². The summed E-state index contributed by atoms with van der Waals surface area (Å²) >= 11 is 10.2. The van der Waals surface area contributed by atoms with Crippen LogP contribution < -0.4 is 16.2 Å². The molecule has 1 rings (SSSR count). The van der Waals surface area contributed by atoms with E-state index in [4.69, 9.17) is 24.8 Å². The van der Waals surface area contributed by atoms with Crippen LogP contribution in [0.4, 0.5) is 0 Å². The molecule has 1 fully saturated rings. The maximum Gasteiger partial charge on any atom is 1.00 e. The average Bonchev–Trinajstić information content (AvgIpc) is 3.06. The van der Waals surface area contributed by atoms with Crippen LogP contribution in [0.1, 0.15) is 59.3 Å². The Kier molecular flexibility index (Phi) is 14.0. The molecule has 0 bridgehead atoms. The van der Waals surface area contributed by atoms with Crippen LogP contribution in [0.15, 0.2) is 15.2 Å². The van der Waals surface area contributed by atoms with E-state index in [0.29, 0.717) is 16.8 Å². The zero-order chi connectivity index (χ0) is 17.8. The second-order valence-corrected chi connectivity index (χ2v) is 6.60. The number of nitrogens with one attached hydrogen (secondary N) is 3. The third kappa shape index (κ3) is 10.7. The van der Waals surface area contributed by atoms with Crippen molar-refractivity contribution in [3.8, 4) is 0 Å². The van der Waals surface area contributed by atoms with Gasteiger partial charge < -0.3 is 17.9 Å². The Morgan fingerprint density at radius 1 is 1.16 bits per heavy atom. The fraction of sp³-hybridized carbons (Fsp3) is 0.750. The smallest absolute Gasteiger partial charge is 0.741 e. The largest absolute Gasteiger partial charge is 1.00 e. The van der Waals surface area contributed by atoms with Gasteiger partial charge in [0.25, 0.3) is 0 Å². The van der Waals surface area contributed by atoms with Gasteiger partial charge in [-0.3, -0.25) is 15.8 Å². The van der Waals surface area contributed by atoms with E-state index in [1.54, 1.807) is 0 Å². The molecule has 0 aromatic rings. The summed E-state index contributed by atoms with van der Waals surface area (Å²) in [4.78, 5) is 4.12. The van der Waals surface area contributed by atoms with Gasteiger partial charge in [0.1, 0.15) is 0 Å². The van der Waals surface area contributed by atoms with Gasteiger partial charge in [-0.05, 0) is 56.9 Å². The van der Waals surface area contributed by atoms with E-state index >= 15 is 0 Å². The number of nitrogens with zero attached hydrogens (tertiary/aromatic N) is 3. The summed E-state index contributed by atoms with van der Waals surface area (Å²) < 4.78 is 0. The molecule has 0 heterocycles. The SMILES string of the molecule is CCN=C([S-])N/N=C(CCC1CCCC1)/C(C)=N/NC(=S)NCC.[Cu+]. The van der Waals surface area contributed by atoms with E-state index in [9.17, 15) is 0 Å². The van der Waals surface area contributed by atoms with Crippen molar-refractivity contribution in [2.75, 3.05) is 13.1 Å². The molecule has 0 aliphatic heterocycles. The first-order chi connectivity index (χ1) is 11.6. The molecule has 25 heavy (non-hydrogen) atoms. The Morgan fingerprint density at radius 3 is 2.44 bits per heavy atom. The standard InChI is InChI=1S/C16H30N6S2.Cu/c1-4-17-15(23)21-19-12(3)14(20-22-16(24)18-5-2)11-10-13-8-6-7-9-13;/h13H,4-11H2,1-3H3,(H2,17,21,23)(H2,18,22,24);/q;+1/p-1/b19-12+,20-14+;. The molecule has 9 heteroatoms. The second kappa shape index (κ2) is 14.4. The molecule has 0 spiro atoms. The van der Waals surface area contributed by atoms with Crippen molar-refractivity contribution in [1.82, 2.24) is 16.2 Å². The van der Waals surface area contributed by atoms with Crippen LogP contribution in [-0.4, -0.2) is 34.8 Å². The summed E-state index contributed by atoms with van der Waals surface area (Å²) in [5.74, 6) is 0.797. The number of amidine groups is 1. The summed E-state index contributed by atoms with van der Waals surface area (Å²) in [5.41, 5.74) is 7.39. The molecule has 0 aromatic carbocycles. The summed E-state index contributed by atoms with van der Waals surface area (Å²) in [6.07, 6.45) is 7.34. The van der Waals surface area contributed by atoms with Crippen molar-refractivity contribution < 1.29 is 17.1 Å². The quantitative estimate of drug-likeness (QED) is 0.137. The molecule has 0 atom stereocenters. The Balaban J connectivity index is 0.00000576. The molecule has 6 nitrogen and oxygen atoms in total. The topological polar surface area (TPSA) is 73.2 Å². The van der Waals surface area contributed by atoms with Gasteiger partial charge in [0.05, 0.1) is 11.4 Å². The van der Waals surface area contributed by atoms with Gasteiger partial charge in [-0.2, -0.15) is 10.2 Å². The van der Waals surface area contributed by atoms with Gasteiger partial charge in [0.15, 0.2) is 5.11 Å². The number of hydrogen-bond donors (Lipinski definition) is 3. The maximum absolute atomic E-state index is 5.13. The monoisotopic (exact) mass is 432 g/mol. The predicted molar refractivity (Wildman–Crippen MR) is 110 cm³/mol. The van der Waals surface area contributed by atoms with Crippen molar-refractivity contribution in [2.45, 2.75) is 59.3 Å². The minimum Gasteiger partial charge on any atom is -0.741 e. The third-order valence-electron chi connectivity index (χ3n) is 3.93. The molecule has 1 aliphatic carbocycles. The number of hydrazone groups is 2. The van der Waals surface area contributed by atoms with Crippen LogP contribution in [0.5, 0.6) is 0 Å². The molecule has 3 N–H and O–H groups in total. The van der Waals surface area contributed by atoms with Crippen molar-refractivity contribution in [1.29, 1.82) is 0 Å². The third-order valence-corrected chi connectivity index (χ3v) is 4.39. The molecule has 0 saturated heterocycles. The summed E-state index contributed by atoms with van der Waals surface area (Å²) in [5, 5.41) is 12.7. The second-order valence-electron chi connectivity index (χ2n) is 5.81. The van der Waals surface area contributed by atoms with Crippen LogP contribution in [0.2, 0.25) is 0 Å². The van der Waals surface area contributed by atoms with E-state index < -0.39 is 0 Å². The summed E-state index contributed by atoms with van der Waals surface area (Å²) in [6, 6.07) is 0. The van der Waals surface area contributed by atoms with E-state index in [-0.39, 0.29) is 17.1 Å². The van der Waals surface area contributed by atoms with Crippen molar-refractivity contribution in [2.24, 2.45) is 21.1 Å². The van der Waals surface area contributed by atoms with Gasteiger partial charge >= 0.3 is 17.1 Å². The minimum atomic E-state index is 0. The Bertz CT molecular complexity index is 487. The Morgan fingerprint density at radius 2 is 1.84 bits per heavy atom. The van der Waals surface area contributed by atoms with Crippen molar-refractivity contribution in [3.63, 3.8) is 0 Å². The van der Waals surface area contributed by atoms with Crippen LogP contribution in [0, 0.1) is 5.92 Å². The number of aliphatic imine (C=N–C) groups is 1. The van der Waals surface area contributed by atoms with Crippen LogP contribution in [0.25, 0.3) is 0 Å². The molecule has 0 radical (unpaired) electrons. The van der Waals surface area contributed by atoms with Crippen LogP contribution in [-0.2, 0) is 29.7 Å². The average molecular weight is 433 g/mol. The molecular weight excluding hydrogens is 404 g/mol. The van der Waals surface area contributed by atoms with Crippen LogP contribution in [0.3, 0.4) is 0 Å². The maximum atomic E-state index is 5.13. The fourth-order valence-electron chi connectivity index (χ4n) is 2.65. The number of thiocarbonyl (C=S) groups is 1. The first kappa shape index (κ1) is 24.2. The molecule has 0 aromatic heterocycles. The zero-order valence-electron chi connectivity index (χ0n) is 15.2. The molecule has 0 unspecified atom stereocenters. The number of hydrogen-bond acceptors (Lipinski definition) is 5. The number of rotatable bonds is 8. The van der Waals surface area contributed by atoms with Crippen LogP contribution >= 0.6 is 12.2 Å². The Hall–Kier alpha value is -0.761. The fourth-order valence-corrected chi connectivity index (χ4v) is 3.02. The summed E-state index contributed by atoms with van der Waals surface area (Å²) in [7, 11) is 0. The van der Waals surface area contributed by atoms with E-state index in [1.165, 1.54) is 25.7 Å². The first-order valence-corrected chi connectivity index (χ1v) is 9.51. The van der Waals surface area contributed by atoms with Crippen molar-refractivity contribution in [3.05, 3.63) is 0 Å². The minimum absolute atomic E-state index is 0. The van der Waals surface area contributed by atoms with E-state index in [2.05, 4.69) is 31.4 Å². The Labute approximate surface area is 173 Å². The van der Waals surface area contributed by atoms with E-state index in [1.807, 2.05) is 20.8 Å². The van der Waals surface area contributed by atoms with E-state index in [0.717, 1.165) is 36.7 Å². The van der Waals surface area contributed by atoms with Gasteiger partial charge in [-0.15, -0.1) is 0 Å². The molecule has 0 amide bonds. The zero-order valence-corrected chi connectivity index (χ0v) is 17.8. The summed E-state index contributed by atoms with van der Waals surface area (Å²) in [6.45, 7) is 7.26. The normalized spacial score (nSPS) is 16.4. The molecule has 1 saturated carbocycles.